The first-order chi connectivity index (χ1) is 7.49. The van der Waals surface area contributed by atoms with Crippen molar-refractivity contribution >= 4 is 29.0 Å². The maximum absolute atomic E-state index is 11.6. The average Bonchev–Trinajstić information content (AvgIpc) is 2.61. The number of hydrogen-bond acceptors (Lipinski definition) is 5. The fourth-order valence-corrected chi connectivity index (χ4v) is 2.55. The lowest BCUT2D eigenvalue weighted by Crippen LogP contribution is -2.37. The van der Waals surface area contributed by atoms with E-state index in [1.54, 1.807) is 0 Å². The highest BCUT2D eigenvalue weighted by molar-refractivity contribution is 8.01. The molecule has 0 fully saturated rings. The smallest absolute Gasteiger partial charge is 0.230 e. The maximum atomic E-state index is 11.6. The topological polar surface area (TPSA) is 54.9 Å². The van der Waals surface area contributed by atoms with Gasteiger partial charge in [0.1, 0.15) is 5.01 Å². The van der Waals surface area contributed by atoms with Crippen molar-refractivity contribution in [3.63, 3.8) is 0 Å². The Hall–Kier alpha value is -0.620. The van der Waals surface area contributed by atoms with E-state index >= 15 is 0 Å². The zero-order chi connectivity index (χ0) is 12.1. The van der Waals surface area contributed by atoms with E-state index in [2.05, 4.69) is 29.4 Å². The van der Waals surface area contributed by atoms with Crippen molar-refractivity contribution in [1.29, 1.82) is 0 Å². The molecule has 0 aliphatic heterocycles. The molecule has 0 bridgehead atoms. The zero-order valence-corrected chi connectivity index (χ0v) is 11.6. The third-order valence-electron chi connectivity index (χ3n) is 2.22. The molecule has 0 aliphatic carbocycles. The van der Waals surface area contributed by atoms with Crippen LogP contribution in [0.25, 0.3) is 0 Å². The highest BCUT2D eigenvalue weighted by Gasteiger charge is 2.11. The fourth-order valence-electron chi connectivity index (χ4n) is 0.926. The number of aromatic nitrogens is 2. The van der Waals surface area contributed by atoms with Crippen LogP contribution in [-0.2, 0) is 4.79 Å². The number of nitrogens with one attached hydrogen (secondary N) is 1. The van der Waals surface area contributed by atoms with Gasteiger partial charge in [-0.25, -0.2) is 0 Å². The molecule has 6 heteroatoms. The maximum Gasteiger partial charge on any atom is 0.230 e. The Morgan fingerprint density at radius 1 is 1.44 bits per heavy atom. The number of amides is 1. The molecule has 0 aliphatic rings. The lowest BCUT2D eigenvalue weighted by molar-refractivity contribution is -0.119. The van der Waals surface area contributed by atoms with E-state index in [0.717, 1.165) is 9.35 Å². The third-order valence-corrected chi connectivity index (χ3v) is 4.19. The van der Waals surface area contributed by atoms with Crippen LogP contribution < -0.4 is 5.32 Å². The number of rotatable bonds is 5. The second-order valence-corrected chi connectivity index (χ2v) is 6.38. The molecule has 16 heavy (non-hydrogen) atoms. The van der Waals surface area contributed by atoms with Gasteiger partial charge in [0, 0.05) is 6.04 Å². The first-order valence-corrected chi connectivity index (χ1v) is 7.01. The highest BCUT2D eigenvalue weighted by atomic mass is 32.2. The van der Waals surface area contributed by atoms with Crippen molar-refractivity contribution in [3.8, 4) is 0 Å². The fraction of sp³-hybridized carbons (Fsp3) is 0.700. The van der Waals surface area contributed by atoms with Crippen LogP contribution in [0, 0.1) is 12.8 Å². The molecule has 0 saturated carbocycles. The van der Waals surface area contributed by atoms with E-state index in [0.29, 0.717) is 11.7 Å². The summed E-state index contributed by atoms with van der Waals surface area (Å²) < 4.78 is 0.852. The Balaban J connectivity index is 2.30. The largest absolute Gasteiger partial charge is 0.353 e. The van der Waals surface area contributed by atoms with Crippen LogP contribution in [0.2, 0.25) is 0 Å². The lowest BCUT2D eigenvalue weighted by Gasteiger charge is -2.16. The Morgan fingerprint density at radius 2 is 2.12 bits per heavy atom. The van der Waals surface area contributed by atoms with Crippen molar-refractivity contribution in [3.05, 3.63) is 5.01 Å². The predicted octanol–water partition coefficient (Wildman–Crippen LogP) is 2.10. The Morgan fingerprint density at radius 3 is 2.62 bits per heavy atom. The summed E-state index contributed by atoms with van der Waals surface area (Å²) in [5.41, 5.74) is 0. The van der Waals surface area contributed by atoms with Gasteiger partial charge in [0.15, 0.2) is 4.34 Å². The van der Waals surface area contributed by atoms with Crippen LogP contribution in [0.4, 0.5) is 0 Å². The van der Waals surface area contributed by atoms with Crippen molar-refractivity contribution in [1.82, 2.24) is 15.5 Å². The van der Waals surface area contributed by atoms with Gasteiger partial charge in [-0.05, 0) is 19.8 Å². The summed E-state index contributed by atoms with van der Waals surface area (Å²) in [4.78, 5) is 11.6. The molecule has 1 heterocycles. The summed E-state index contributed by atoms with van der Waals surface area (Å²) in [6.07, 6.45) is 0. The lowest BCUT2D eigenvalue weighted by atomic mass is 10.1. The van der Waals surface area contributed by atoms with E-state index in [1.165, 1.54) is 23.1 Å². The third kappa shape index (κ3) is 4.49. The van der Waals surface area contributed by atoms with Gasteiger partial charge in [-0.3, -0.25) is 4.79 Å². The number of carbonyl (C=O) groups excluding carboxylic acids is 1. The molecule has 0 unspecified atom stereocenters. The highest BCUT2D eigenvalue weighted by Crippen LogP contribution is 2.21. The number of carbonyl (C=O) groups is 1. The number of nitrogens with zero attached hydrogens (tertiary/aromatic N) is 2. The minimum atomic E-state index is 0.0547. The Kier molecular flexibility index (Phi) is 5.21. The molecule has 0 aromatic carbocycles. The van der Waals surface area contributed by atoms with Crippen LogP contribution in [0.1, 0.15) is 25.8 Å². The monoisotopic (exact) mass is 259 g/mol. The minimum Gasteiger partial charge on any atom is -0.353 e. The van der Waals surface area contributed by atoms with E-state index in [-0.39, 0.29) is 11.9 Å². The van der Waals surface area contributed by atoms with Crippen molar-refractivity contribution in [2.45, 2.75) is 38.1 Å². The molecule has 0 radical (unpaired) electrons. The van der Waals surface area contributed by atoms with Crippen LogP contribution >= 0.6 is 23.1 Å². The minimum absolute atomic E-state index is 0.0547. The Labute approximate surface area is 104 Å². The summed E-state index contributed by atoms with van der Waals surface area (Å²) in [7, 11) is 0. The molecule has 1 atom stereocenters. The molecule has 1 aromatic rings. The van der Waals surface area contributed by atoms with Gasteiger partial charge in [0.05, 0.1) is 5.75 Å². The normalized spacial score (nSPS) is 12.8. The average molecular weight is 259 g/mol. The Bertz CT molecular complexity index is 352. The van der Waals surface area contributed by atoms with Crippen molar-refractivity contribution < 1.29 is 4.79 Å². The molecule has 1 rings (SSSR count). The first-order valence-electron chi connectivity index (χ1n) is 5.21. The summed E-state index contributed by atoms with van der Waals surface area (Å²) >= 11 is 2.95. The van der Waals surface area contributed by atoms with Crippen LogP contribution in [0.3, 0.4) is 0 Å². The summed E-state index contributed by atoms with van der Waals surface area (Å²) in [6.45, 7) is 8.10. The summed E-state index contributed by atoms with van der Waals surface area (Å²) in [5, 5.41) is 11.7. The van der Waals surface area contributed by atoms with Gasteiger partial charge in [0.2, 0.25) is 5.91 Å². The number of hydrogen-bond donors (Lipinski definition) is 1. The summed E-state index contributed by atoms with van der Waals surface area (Å²) in [6, 6.07) is 0.212. The van der Waals surface area contributed by atoms with Gasteiger partial charge >= 0.3 is 0 Å². The van der Waals surface area contributed by atoms with Crippen LogP contribution in [-0.4, -0.2) is 27.9 Å². The number of thioether (sulfide) groups is 1. The SMILES string of the molecule is Cc1nnc(SCC(=O)N[C@H](C)C(C)C)s1. The van der Waals surface area contributed by atoms with Gasteiger partial charge in [-0.1, -0.05) is 36.9 Å². The van der Waals surface area contributed by atoms with Gasteiger partial charge < -0.3 is 5.32 Å². The molecule has 90 valence electrons. The molecule has 1 aromatic heterocycles. The molecule has 4 nitrogen and oxygen atoms in total. The second-order valence-electron chi connectivity index (χ2n) is 3.98. The first kappa shape index (κ1) is 13.4. The molecule has 1 amide bonds. The summed E-state index contributed by atoms with van der Waals surface area (Å²) in [5.74, 6) is 0.919. The van der Waals surface area contributed by atoms with Gasteiger partial charge in [-0.2, -0.15) is 0 Å². The van der Waals surface area contributed by atoms with E-state index < -0.39 is 0 Å². The van der Waals surface area contributed by atoms with Gasteiger partial charge in [0.25, 0.3) is 0 Å². The molecule has 0 saturated heterocycles. The molecular weight excluding hydrogens is 242 g/mol. The zero-order valence-electron chi connectivity index (χ0n) is 9.98. The molecule has 1 N–H and O–H groups in total. The quantitative estimate of drug-likeness (QED) is 0.823. The van der Waals surface area contributed by atoms with E-state index in [9.17, 15) is 4.79 Å². The molecular formula is C10H17N3OS2. The van der Waals surface area contributed by atoms with Crippen LogP contribution in [0.15, 0.2) is 4.34 Å². The van der Waals surface area contributed by atoms with Crippen molar-refractivity contribution in [2.24, 2.45) is 5.92 Å². The van der Waals surface area contributed by atoms with E-state index in [1.807, 2.05) is 13.8 Å². The van der Waals surface area contributed by atoms with E-state index in [4.69, 9.17) is 0 Å². The number of aryl methyl sites for hydroxylation is 1. The van der Waals surface area contributed by atoms with Gasteiger partial charge in [-0.15, -0.1) is 10.2 Å². The molecule has 0 spiro atoms. The van der Waals surface area contributed by atoms with Crippen molar-refractivity contribution in [2.75, 3.05) is 5.75 Å². The van der Waals surface area contributed by atoms with Crippen LogP contribution in [0.5, 0.6) is 0 Å². The second kappa shape index (κ2) is 6.20. The standard InChI is InChI=1S/C10H17N3OS2/c1-6(2)7(3)11-9(14)5-15-10-13-12-8(4)16-10/h6-7H,5H2,1-4H3,(H,11,14)/t7-/m1/s1. The predicted molar refractivity (Wildman–Crippen MR) is 67.8 cm³/mol.